The average molecular weight is 400 g/mol. The highest BCUT2D eigenvalue weighted by Crippen LogP contribution is 2.31. The Bertz CT molecular complexity index is 797. The highest BCUT2D eigenvalue weighted by atomic mass is 35.5. The predicted octanol–water partition coefficient (Wildman–Crippen LogP) is 3.98. The summed E-state index contributed by atoms with van der Waals surface area (Å²) in [6.45, 7) is 1.61. The zero-order valence-corrected chi connectivity index (χ0v) is 15.8. The van der Waals surface area contributed by atoms with Gasteiger partial charge in [0.1, 0.15) is 10.0 Å². The molecule has 1 aliphatic heterocycles. The summed E-state index contributed by atoms with van der Waals surface area (Å²) >= 11 is 10.5. The maximum atomic E-state index is 6.09. The molecule has 0 saturated carbocycles. The van der Waals surface area contributed by atoms with Gasteiger partial charge in [-0.2, -0.15) is 0 Å². The van der Waals surface area contributed by atoms with E-state index in [-0.39, 0.29) is 6.10 Å². The van der Waals surface area contributed by atoms with Gasteiger partial charge in [-0.15, -0.1) is 26.6 Å². The van der Waals surface area contributed by atoms with Gasteiger partial charge in [0.15, 0.2) is 11.0 Å². The van der Waals surface area contributed by atoms with E-state index in [1.165, 1.54) is 11.5 Å². The van der Waals surface area contributed by atoms with Crippen LogP contribution in [0.3, 0.4) is 0 Å². The molecule has 1 fully saturated rings. The van der Waals surface area contributed by atoms with E-state index in [0.717, 1.165) is 47.5 Å². The fraction of sp³-hybridized carbons (Fsp3) is 0.429. The third-order valence-corrected chi connectivity index (χ3v) is 6.54. The summed E-state index contributed by atoms with van der Waals surface area (Å²) in [5.41, 5.74) is 0.788. The Kier molecular flexibility index (Phi) is 5.14. The number of thiophene rings is 1. The number of hydrogen-bond donors (Lipinski definition) is 0. The Morgan fingerprint density at radius 2 is 2.33 bits per heavy atom. The van der Waals surface area contributed by atoms with Crippen LogP contribution in [0.1, 0.15) is 18.5 Å². The minimum atomic E-state index is 0.226. The van der Waals surface area contributed by atoms with Crippen LogP contribution in [0.2, 0.25) is 4.34 Å². The number of thioether (sulfide) groups is 1. The van der Waals surface area contributed by atoms with Crippen LogP contribution in [-0.4, -0.2) is 37.1 Å². The smallest absolute Gasteiger partial charge is 0.191 e. The molecule has 4 rings (SSSR count). The Balaban J connectivity index is 1.59. The SMILES string of the molecule is Clc1snnc1CSc1nnc(-c2cccs2)n1C[C@H]1CCCO1. The summed E-state index contributed by atoms with van der Waals surface area (Å²) in [6, 6.07) is 4.09. The Labute approximate surface area is 156 Å². The van der Waals surface area contributed by atoms with Crippen molar-refractivity contribution in [2.45, 2.75) is 36.4 Å². The lowest BCUT2D eigenvalue weighted by molar-refractivity contribution is 0.0953. The van der Waals surface area contributed by atoms with Crippen LogP contribution in [0.25, 0.3) is 10.7 Å². The first-order chi connectivity index (χ1) is 11.8. The van der Waals surface area contributed by atoms with Gasteiger partial charge in [0, 0.05) is 23.9 Å². The normalized spacial score (nSPS) is 17.6. The maximum Gasteiger partial charge on any atom is 0.191 e. The molecule has 3 aromatic heterocycles. The summed E-state index contributed by atoms with van der Waals surface area (Å²) in [6.07, 6.45) is 2.42. The summed E-state index contributed by atoms with van der Waals surface area (Å²) in [5.74, 6) is 1.52. The molecule has 10 heteroatoms. The van der Waals surface area contributed by atoms with Crippen molar-refractivity contribution in [3.8, 4) is 10.7 Å². The second-order valence-corrected chi connectivity index (χ2v) is 8.56. The lowest BCUT2D eigenvalue weighted by Gasteiger charge is -2.14. The molecule has 126 valence electrons. The minimum Gasteiger partial charge on any atom is -0.376 e. The van der Waals surface area contributed by atoms with Crippen molar-refractivity contribution in [2.24, 2.45) is 0 Å². The quantitative estimate of drug-likeness (QED) is 0.584. The van der Waals surface area contributed by atoms with Crippen molar-refractivity contribution in [3.05, 3.63) is 27.5 Å². The van der Waals surface area contributed by atoms with Crippen LogP contribution in [0.4, 0.5) is 0 Å². The van der Waals surface area contributed by atoms with E-state index >= 15 is 0 Å². The van der Waals surface area contributed by atoms with Gasteiger partial charge in [-0.25, -0.2) is 0 Å². The third-order valence-electron chi connectivity index (χ3n) is 3.72. The largest absolute Gasteiger partial charge is 0.376 e. The number of hydrogen-bond acceptors (Lipinski definition) is 8. The van der Waals surface area contributed by atoms with Crippen LogP contribution in [-0.2, 0) is 17.0 Å². The van der Waals surface area contributed by atoms with Crippen LogP contribution in [0.5, 0.6) is 0 Å². The molecule has 0 aromatic carbocycles. The first-order valence-corrected chi connectivity index (χ1v) is 10.5. The van der Waals surface area contributed by atoms with E-state index in [9.17, 15) is 0 Å². The highest BCUT2D eigenvalue weighted by Gasteiger charge is 2.22. The van der Waals surface area contributed by atoms with E-state index in [1.807, 2.05) is 11.4 Å². The molecule has 0 unspecified atom stereocenters. The van der Waals surface area contributed by atoms with Gasteiger partial charge in [-0.1, -0.05) is 33.9 Å². The van der Waals surface area contributed by atoms with Gasteiger partial charge in [0.2, 0.25) is 0 Å². The summed E-state index contributed by atoms with van der Waals surface area (Å²) < 4.78 is 12.5. The molecule has 0 radical (unpaired) electrons. The van der Waals surface area contributed by atoms with E-state index in [4.69, 9.17) is 16.3 Å². The summed E-state index contributed by atoms with van der Waals surface area (Å²) in [5, 5.41) is 15.8. The fourth-order valence-electron chi connectivity index (χ4n) is 2.56. The summed E-state index contributed by atoms with van der Waals surface area (Å²) in [4.78, 5) is 1.11. The van der Waals surface area contributed by atoms with Crippen molar-refractivity contribution in [1.29, 1.82) is 0 Å². The molecule has 0 amide bonds. The first kappa shape index (κ1) is 16.5. The predicted molar refractivity (Wildman–Crippen MR) is 96.8 cm³/mol. The second kappa shape index (κ2) is 7.49. The molecule has 24 heavy (non-hydrogen) atoms. The van der Waals surface area contributed by atoms with Gasteiger partial charge in [-0.05, 0) is 24.3 Å². The van der Waals surface area contributed by atoms with Crippen molar-refractivity contribution in [3.63, 3.8) is 0 Å². The van der Waals surface area contributed by atoms with Gasteiger partial charge < -0.3 is 4.74 Å². The molecule has 1 aliphatic rings. The maximum absolute atomic E-state index is 6.09. The van der Waals surface area contributed by atoms with Crippen LogP contribution < -0.4 is 0 Å². The Hall–Kier alpha value is -1.00. The van der Waals surface area contributed by atoms with Crippen LogP contribution >= 0.6 is 46.2 Å². The topological polar surface area (TPSA) is 65.7 Å². The number of ether oxygens (including phenoxy) is 1. The number of halogens is 1. The molecule has 0 spiro atoms. The number of nitrogens with zero attached hydrogens (tertiary/aromatic N) is 5. The standard InChI is InChI=1S/C14H14ClN5OS3/c15-12-10(16-19-24-12)8-23-14-18-17-13(11-4-2-6-22-11)20(14)7-9-3-1-5-21-9/h2,4,6,9H,1,3,5,7-8H2/t9-/m1/s1. The number of rotatable bonds is 6. The zero-order chi connectivity index (χ0) is 16.4. The molecular weight excluding hydrogens is 386 g/mol. The second-order valence-electron chi connectivity index (χ2n) is 5.31. The molecule has 0 bridgehead atoms. The van der Waals surface area contributed by atoms with E-state index in [1.54, 1.807) is 23.1 Å². The molecule has 1 atom stereocenters. The first-order valence-electron chi connectivity index (χ1n) is 7.49. The highest BCUT2D eigenvalue weighted by molar-refractivity contribution is 7.98. The number of aromatic nitrogens is 5. The van der Waals surface area contributed by atoms with Gasteiger partial charge in [0.25, 0.3) is 0 Å². The molecule has 1 saturated heterocycles. The van der Waals surface area contributed by atoms with Crippen LogP contribution in [0, 0.1) is 0 Å². The van der Waals surface area contributed by atoms with Gasteiger partial charge in [-0.3, -0.25) is 4.57 Å². The Morgan fingerprint density at radius 3 is 3.04 bits per heavy atom. The van der Waals surface area contributed by atoms with E-state index < -0.39 is 0 Å². The van der Waals surface area contributed by atoms with Crippen LogP contribution in [0.15, 0.2) is 22.7 Å². The van der Waals surface area contributed by atoms with Gasteiger partial charge >= 0.3 is 0 Å². The van der Waals surface area contributed by atoms with Crippen molar-refractivity contribution in [1.82, 2.24) is 24.4 Å². The van der Waals surface area contributed by atoms with E-state index in [2.05, 4.69) is 30.4 Å². The lowest BCUT2D eigenvalue weighted by Crippen LogP contribution is -2.16. The molecule has 6 nitrogen and oxygen atoms in total. The van der Waals surface area contributed by atoms with E-state index in [0.29, 0.717) is 10.1 Å². The zero-order valence-electron chi connectivity index (χ0n) is 12.6. The molecule has 4 heterocycles. The Morgan fingerprint density at radius 1 is 1.38 bits per heavy atom. The monoisotopic (exact) mass is 399 g/mol. The summed E-state index contributed by atoms with van der Waals surface area (Å²) in [7, 11) is 0. The van der Waals surface area contributed by atoms with Gasteiger partial charge in [0.05, 0.1) is 17.5 Å². The molecular formula is C14H14ClN5OS3. The molecule has 3 aromatic rings. The fourth-order valence-corrected chi connectivity index (χ4v) is 4.95. The molecule has 0 N–H and O–H groups in total. The molecule has 0 aliphatic carbocycles. The van der Waals surface area contributed by atoms with Crippen molar-refractivity contribution in [2.75, 3.05) is 6.61 Å². The minimum absolute atomic E-state index is 0.226. The van der Waals surface area contributed by atoms with Crippen molar-refractivity contribution >= 4 is 46.2 Å². The third kappa shape index (κ3) is 3.50. The van der Waals surface area contributed by atoms with Crippen molar-refractivity contribution < 1.29 is 4.74 Å². The lowest BCUT2D eigenvalue weighted by atomic mass is 10.2. The average Bonchev–Trinajstić information content (AvgIpc) is 3.34.